The smallest absolute Gasteiger partial charge is 0.190 e. The molecule has 6 heteroatoms. The van der Waals surface area contributed by atoms with Gasteiger partial charge in [0, 0.05) is 16.9 Å². The molecule has 1 aromatic heterocycles. The Hall–Kier alpha value is -2.08. The molecule has 0 aliphatic heterocycles. The molecule has 0 saturated heterocycles. The van der Waals surface area contributed by atoms with Gasteiger partial charge in [0.2, 0.25) is 0 Å². The zero-order valence-corrected chi connectivity index (χ0v) is 15.4. The molecule has 0 amide bonds. The molecule has 2 aromatic carbocycles. The van der Waals surface area contributed by atoms with Crippen LogP contribution in [0.4, 0.5) is 5.69 Å². The van der Waals surface area contributed by atoms with E-state index in [4.69, 9.17) is 16.3 Å². The average molecular weight is 375 g/mol. The van der Waals surface area contributed by atoms with Crippen molar-refractivity contribution < 1.29 is 9.84 Å². The van der Waals surface area contributed by atoms with Crippen molar-refractivity contribution in [3.63, 3.8) is 0 Å². The second kappa shape index (κ2) is 8.34. The van der Waals surface area contributed by atoms with Gasteiger partial charge in [0.15, 0.2) is 4.80 Å². The van der Waals surface area contributed by atoms with Crippen LogP contribution < -0.4 is 9.54 Å². The van der Waals surface area contributed by atoms with E-state index in [0.717, 1.165) is 27.5 Å². The van der Waals surface area contributed by atoms with Crippen molar-refractivity contribution in [1.29, 1.82) is 0 Å². The molecule has 0 atom stereocenters. The van der Waals surface area contributed by atoms with Crippen LogP contribution in [0, 0.1) is 0 Å². The van der Waals surface area contributed by atoms with E-state index in [1.54, 1.807) is 11.3 Å². The lowest BCUT2D eigenvalue weighted by atomic mass is 10.1. The third-order valence-corrected chi connectivity index (χ3v) is 4.75. The predicted molar refractivity (Wildman–Crippen MR) is 103 cm³/mol. The maximum atomic E-state index is 9.46. The highest BCUT2D eigenvalue weighted by atomic mass is 35.5. The molecule has 0 unspecified atom stereocenters. The highest BCUT2D eigenvalue weighted by molar-refractivity contribution is 7.07. The molecule has 0 saturated carbocycles. The van der Waals surface area contributed by atoms with Gasteiger partial charge in [-0.1, -0.05) is 11.6 Å². The fourth-order valence-electron chi connectivity index (χ4n) is 2.48. The van der Waals surface area contributed by atoms with Crippen LogP contribution >= 0.6 is 22.9 Å². The van der Waals surface area contributed by atoms with Crippen molar-refractivity contribution in [2.24, 2.45) is 4.99 Å². The summed E-state index contributed by atoms with van der Waals surface area (Å²) in [5.41, 5.74) is 2.91. The number of aliphatic hydroxyl groups excluding tert-OH is 1. The Kier molecular flexibility index (Phi) is 5.91. The fourth-order valence-corrected chi connectivity index (χ4v) is 3.56. The Morgan fingerprint density at radius 1 is 1.12 bits per heavy atom. The van der Waals surface area contributed by atoms with Crippen molar-refractivity contribution >= 4 is 28.6 Å². The second-order valence-corrected chi connectivity index (χ2v) is 6.60. The van der Waals surface area contributed by atoms with E-state index in [2.05, 4.69) is 10.4 Å². The minimum absolute atomic E-state index is 0.0502. The van der Waals surface area contributed by atoms with Crippen LogP contribution in [0.2, 0.25) is 5.02 Å². The summed E-state index contributed by atoms with van der Waals surface area (Å²) >= 11 is 7.47. The van der Waals surface area contributed by atoms with Crippen LogP contribution in [0.1, 0.15) is 6.92 Å². The van der Waals surface area contributed by atoms with E-state index < -0.39 is 0 Å². The van der Waals surface area contributed by atoms with E-state index in [-0.39, 0.29) is 6.61 Å². The third-order valence-electron chi connectivity index (χ3n) is 3.63. The number of rotatable bonds is 6. The van der Waals surface area contributed by atoms with E-state index in [0.29, 0.717) is 18.2 Å². The Labute approximate surface area is 155 Å². The predicted octanol–water partition coefficient (Wildman–Crippen LogP) is 4.49. The van der Waals surface area contributed by atoms with Gasteiger partial charge in [-0.05, 0) is 61.0 Å². The maximum Gasteiger partial charge on any atom is 0.190 e. The molecular weight excluding hydrogens is 356 g/mol. The maximum absolute atomic E-state index is 9.46. The molecule has 4 nitrogen and oxygen atoms in total. The summed E-state index contributed by atoms with van der Waals surface area (Å²) in [6.07, 6.45) is 0. The molecular formula is C19H19ClN2O2S. The van der Waals surface area contributed by atoms with E-state index in [1.165, 1.54) is 0 Å². The lowest BCUT2D eigenvalue weighted by Gasteiger charge is -2.09. The van der Waals surface area contributed by atoms with Gasteiger partial charge in [0.1, 0.15) is 5.75 Å². The first-order valence-electron chi connectivity index (χ1n) is 8.04. The molecule has 3 aromatic rings. The summed E-state index contributed by atoms with van der Waals surface area (Å²) in [4.78, 5) is 5.51. The first-order valence-corrected chi connectivity index (χ1v) is 9.29. The van der Waals surface area contributed by atoms with Crippen molar-refractivity contribution in [2.45, 2.75) is 13.5 Å². The van der Waals surface area contributed by atoms with Crippen LogP contribution in [0.5, 0.6) is 5.75 Å². The number of halogens is 1. The van der Waals surface area contributed by atoms with Crippen LogP contribution in [0.3, 0.4) is 0 Å². The monoisotopic (exact) mass is 374 g/mol. The van der Waals surface area contributed by atoms with Crippen LogP contribution in [-0.4, -0.2) is 22.9 Å². The number of nitrogens with zero attached hydrogens (tertiary/aromatic N) is 2. The van der Waals surface area contributed by atoms with Gasteiger partial charge in [-0.2, -0.15) is 0 Å². The van der Waals surface area contributed by atoms with Gasteiger partial charge in [-0.3, -0.25) is 0 Å². The Morgan fingerprint density at radius 2 is 1.84 bits per heavy atom. The molecule has 0 bridgehead atoms. The van der Waals surface area contributed by atoms with Gasteiger partial charge >= 0.3 is 0 Å². The lowest BCUT2D eigenvalue weighted by molar-refractivity contribution is 0.275. The summed E-state index contributed by atoms with van der Waals surface area (Å²) in [7, 11) is 0. The number of ether oxygens (including phenoxy) is 1. The number of benzene rings is 2. The second-order valence-electron chi connectivity index (χ2n) is 5.32. The quantitative estimate of drug-likeness (QED) is 0.690. The van der Waals surface area contributed by atoms with Gasteiger partial charge in [0.25, 0.3) is 0 Å². The fraction of sp³-hybridized carbons (Fsp3) is 0.211. The number of thiazole rings is 1. The zero-order chi connectivity index (χ0) is 17.6. The first kappa shape index (κ1) is 17.7. The minimum Gasteiger partial charge on any atom is -0.494 e. The Morgan fingerprint density at radius 3 is 2.48 bits per heavy atom. The van der Waals surface area contributed by atoms with Gasteiger partial charge in [0.05, 0.1) is 24.6 Å². The number of hydrogen-bond donors (Lipinski definition) is 1. The normalized spacial score (nSPS) is 11.7. The number of aliphatic hydroxyl groups is 1. The number of hydrogen-bond acceptors (Lipinski definition) is 4. The molecule has 3 rings (SSSR count). The summed E-state index contributed by atoms with van der Waals surface area (Å²) < 4.78 is 7.52. The highest BCUT2D eigenvalue weighted by Crippen LogP contribution is 2.24. The summed E-state index contributed by atoms with van der Waals surface area (Å²) in [5.74, 6) is 0.848. The Bertz CT molecular complexity index is 883. The summed E-state index contributed by atoms with van der Waals surface area (Å²) in [6, 6.07) is 15.3. The lowest BCUT2D eigenvalue weighted by Crippen LogP contribution is -2.17. The van der Waals surface area contributed by atoms with E-state index >= 15 is 0 Å². The Balaban J connectivity index is 2.00. The molecule has 25 heavy (non-hydrogen) atoms. The molecule has 0 aliphatic carbocycles. The molecule has 1 N–H and O–H groups in total. The van der Waals surface area contributed by atoms with E-state index in [1.807, 2.05) is 60.0 Å². The molecule has 0 spiro atoms. The van der Waals surface area contributed by atoms with Crippen LogP contribution in [-0.2, 0) is 6.54 Å². The largest absolute Gasteiger partial charge is 0.494 e. The SMILES string of the molecule is CCOc1ccc(-c2csc(=Nc3ccc(Cl)cc3)n2CCO)cc1. The van der Waals surface area contributed by atoms with Gasteiger partial charge in [-0.15, -0.1) is 11.3 Å². The van der Waals surface area contributed by atoms with Crippen molar-refractivity contribution in [2.75, 3.05) is 13.2 Å². The van der Waals surface area contributed by atoms with Gasteiger partial charge in [-0.25, -0.2) is 4.99 Å². The first-order chi connectivity index (χ1) is 12.2. The van der Waals surface area contributed by atoms with Gasteiger partial charge < -0.3 is 14.4 Å². The molecule has 1 heterocycles. The number of aromatic nitrogens is 1. The molecule has 0 radical (unpaired) electrons. The van der Waals surface area contributed by atoms with Crippen molar-refractivity contribution in [1.82, 2.24) is 4.57 Å². The van der Waals surface area contributed by atoms with E-state index in [9.17, 15) is 5.11 Å². The highest BCUT2D eigenvalue weighted by Gasteiger charge is 2.08. The van der Waals surface area contributed by atoms with Crippen molar-refractivity contribution in [3.8, 4) is 17.0 Å². The minimum atomic E-state index is 0.0502. The van der Waals surface area contributed by atoms with Crippen LogP contribution in [0.25, 0.3) is 11.3 Å². The van der Waals surface area contributed by atoms with Crippen molar-refractivity contribution in [3.05, 3.63) is 63.7 Å². The standard InChI is InChI=1S/C19H19ClN2O2S/c1-2-24-17-9-3-14(4-10-17)18-13-25-19(22(18)11-12-23)21-16-7-5-15(20)6-8-16/h3-10,13,23H,2,11-12H2,1H3. The summed E-state index contributed by atoms with van der Waals surface area (Å²) in [5, 5.41) is 12.2. The zero-order valence-electron chi connectivity index (χ0n) is 13.9. The third kappa shape index (κ3) is 4.31. The van der Waals surface area contributed by atoms with Crippen LogP contribution in [0.15, 0.2) is 58.9 Å². The topological polar surface area (TPSA) is 46.8 Å². The summed E-state index contributed by atoms with van der Waals surface area (Å²) in [6.45, 7) is 3.14. The molecule has 130 valence electrons. The average Bonchev–Trinajstić information content (AvgIpc) is 3.01. The molecule has 0 aliphatic rings. The molecule has 0 fully saturated rings.